The Kier molecular flexibility index (Phi) is 3.10. The van der Waals surface area contributed by atoms with E-state index in [-0.39, 0.29) is 11.9 Å². The summed E-state index contributed by atoms with van der Waals surface area (Å²) in [6, 6.07) is 8.08. The van der Waals surface area contributed by atoms with E-state index in [2.05, 4.69) is 17.6 Å². The van der Waals surface area contributed by atoms with Gasteiger partial charge in [-0.2, -0.15) is 0 Å². The molecule has 86 valence electrons. The van der Waals surface area contributed by atoms with E-state index in [1.165, 1.54) is 0 Å². The average Bonchev–Trinajstić information content (AvgIpc) is 2.29. The maximum Gasteiger partial charge on any atom is 0.246 e. The number of carbonyl (C=O) groups is 1. The average molecular weight is 219 g/mol. The molecule has 1 heterocycles. The largest absolute Gasteiger partial charge is 0.374 e. The van der Waals surface area contributed by atoms with E-state index in [4.69, 9.17) is 0 Å². The fourth-order valence-corrected chi connectivity index (χ4v) is 2.09. The first kappa shape index (κ1) is 11.0. The molecule has 0 bridgehead atoms. The number of hydrogen-bond acceptors (Lipinski definition) is 3. The number of para-hydroxylation sites is 2. The van der Waals surface area contributed by atoms with Gasteiger partial charge in [-0.15, -0.1) is 0 Å². The fraction of sp³-hybridized carbons (Fsp3) is 0.417. The van der Waals surface area contributed by atoms with Gasteiger partial charge in [0.1, 0.15) is 0 Å². The van der Waals surface area contributed by atoms with Crippen LogP contribution in [0.15, 0.2) is 24.3 Å². The molecular formula is C12H17N3O. The molecule has 16 heavy (non-hydrogen) atoms. The van der Waals surface area contributed by atoms with Crippen LogP contribution < -0.4 is 15.5 Å². The van der Waals surface area contributed by atoms with Crippen LogP contribution in [0.4, 0.5) is 11.4 Å². The van der Waals surface area contributed by atoms with Crippen molar-refractivity contribution in [1.82, 2.24) is 5.32 Å². The Morgan fingerprint density at radius 1 is 1.50 bits per heavy atom. The van der Waals surface area contributed by atoms with E-state index >= 15 is 0 Å². The first-order valence-electron chi connectivity index (χ1n) is 5.53. The third-order valence-electron chi connectivity index (χ3n) is 2.80. The standard InChI is InChI=1S/C12H17N3O/c1-9(7-13-2)15-11-6-4-3-5-10(11)14-8-12(15)16/h3-6,9,13-14H,7-8H2,1-2H3. The van der Waals surface area contributed by atoms with Crippen molar-refractivity contribution in [3.63, 3.8) is 0 Å². The van der Waals surface area contributed by atoms with Gasteiger partial charge in [-0.1, -0.05) is 12.1 Å². The normalized spacial score (nSPS) is 16.6. The molecule has 4 nitrogen and oxygen atoms in total. The quantitative estimate of drug-likeness (QED) is 0.798. The van der Waals surface area contributed by atoms with Crippen molar-refractivity contribution in [1.29, 1.82) is 0 Å². The summed E-state index contributed by atoms with van der Waals surface area (Å²) in [5.74, 6) is 0.126. The van der Waals surface area contributed by atoms with Gasteiger partial charge in [-0.3, -0.25) is 4.79 Å². The monoisotopic (exact) mass is 219 g/mol. The lowest BCUT2D eigenvalue weighted by Gasteiger charge is -2.34. The fourth-order valence-electron chi connectivity index (χ4n) is 2.09. The summed E-state index contributed by atoms with van der Waals surface area (Å²) >= 11 is 0. The molecule has 0 saturated heterocycles. The van der Waals surface area contributed by atoms with Crippen LogP contribution in [0.3, 0.4) is 0 Å². The van der Waals surface area contributed by atoms with E-state index in [0.29, 0.717) is 6.54 Å². The maximum atomic E-state index is 11.9. The summed E-state index contributed by atoms with van der Waals surface area (Å²) in [6.45, 7) is 3.22. The molecule has 1 aliphatic rings. The Bertz CT molecular complexity index is 392. The van der Waals surface area contributed by atoms with Crippen molar-refractivity contribution < 1.29 is 4.79 Å². The van der Waals surface area contributed by atoms with Gasteiger partial charge >= 0.3 is 0 Å². The molecule has 0 fully saturated rings. The predicted octanol–water partition coefficient (Wildman–Crippen LogP) is 1.05. The number of carbonyl (C=O) groups excluding carboxylic acids is 1. The van der Waals surface area contributed by atoms with Crippen LogP contribution in [0.25, 0.3) is 0 Å². The van der Waals surface area contributed by atoms with Gasteiger partial charge in [0, 0.05) is 12.6 Å². The molecule has 2 rings (SSSR count). The number of anilines is 2. The van der Waals surface area contributed by atoms with E-state index in [0.717, 1.165) is 17.9 Å². The molecule has 1 atom stereocenters. The van der Waals surface area contributed by atoms with Gasteiger partial charge in [-0.25, -0.2) is 0 Å². The van der Waals surface area contributed by atoms with Crippen molar-refractivity contribution in [2.24, 2.45) is 0 Å². The Hall–Kier alpha value is -1.55. The third kappa shape index (κ3) is 1.88. The zero-order valence-corrected chi connectivity index (χ0v) is 9.66. The van der Waals surface area contributed by atoms with Gasteiger partial charge in [0.15, 0.2) is 0 Å². The van der Waals surface area contributed by atoms with Crippen molar-refractivity contribution in [3.05, 3.63) is 24.3 Å². The molecular weight excluding hydrogens is 202 g/mol. The minimum absolute atomic E-state index is 0.126. The van der Waals surface area contributed by atoms with E-state index in [9.17, 15) is 4.79 Å². The molecule has 0 radical (unpaired) electrons. The zero-order valence-electron chi connectivity index (χ0n) is 9.66. The summed E-state index contributed by atoms with van der Waals surface area (Å²) in [5, 5.41) is 6.23. The Morgan fingerprint density at radius 2 is 2.25 bits per heavy atom. The van der Waals surface area contributed by atoms with Gasteiger partial charge < -0.3 is 15.5 Å². The number of fused-ring (bicyclic) bond motifs is 1. The highest BCUT2D eigenvalue weighted by molar-refractivity contribution is 6.03. The highest BCUT2D eigenvalue weighted by atomic mass is 16.2. The van der Waals surface area contributed by atoms with Crippen LogP contribution >= 0.6 is 0 Å². The lowest BCUT2D eigenvalue weighted by atomic mass is 10.1. The predicted molar refractivity (Wildman–Crippen MR) is 65.8 cm³/mol. The van der Waals surface area contributed by atoms with Gasteiger partial charge in [-0.05, 0) is 26.1 Å². The van der Waals surface area contributed by atoms with Crippen LogP contribution in [-0.4, -0.2) is 32.1 Å². The number of rotatable bonds is 3. The molecule has 0 aliphatic carbocycles. The second-order valence-electron chi connectivity index (χ2n) is 4.04. The summed E-state index contributed by atoms with van der Waals surface area (Å²) in [7, 11) is 1.90. The maximum absolute atomic E-state index is 11.9. The zero-order chi connectivity index (χ0) is 11.5. The van der Waals surface area contributed by atoms with Crippen molar-refractivity contribution in [2.45, 2.75) is 13.0 Å². The molecule has 0 saturated carbocycles. The first-order valence-corrected chi connectivity index (χ1v) is 5.53. The van der Waals surface area contributed by atoms with Crippen LogP contribution in [0.5, 0.6) is 0 Å². The number of likely N-dealkylation sites (N-methyl/N-ethyl adjacent to an activating group) is 1. The van der Waals surface area contributed by atoms with Crippen LogP contribution in [-0.2, 0) is 4.79 Å². The molecule has 1 aromatic carbocycles. The van der Waals surface area contributed by atoms with E-state index in [1.54, 1.807) is 0 Å². The van der Waals surface area contributed by atoms with Crippen molar-refractivity contribution >= 4 is 17.3 Å². The number of nitrogens with one attached hydrogen (secondary N) is 2. The lowest BCUT2D eigenvalue weighted by Crippen LogP contribution is -2.48. The first-order chi connectivity index (χ1) is 7.74. The second kappa shape index (κ2) is 4.53. The number of nitrogens with zero attached hydrogens (tertiary/aromatic N) is 1. The Morgan fingerprint density at radius 3 is 3.00 bits per heavy atom. The molecule has 1 amide bonds. The second-order valence-corrected chi connectivity index (χ2v) is 4.04. The minimum Gasteiger partial charge on any atom is -0.374 e. The summed E-state index contributed by atoms with van der Waals surface area (Å²) in [4.78, 5) is 13.8. The molecule has 0 aromatic heterocycles. The SMILES string of the molecule is CNCC(C)N1C(=O)CNc2ccccc21. The Labute approximate surface area is 95.6 Å². The topological polar surface area (TPSA) is 44.4 Å². The lowest BCUT2D eigenvalue weighted by molar-refractivity contribution is -0.117. The van der Waals surface area contributed by atoms with Crippen LogP contribution in [0, 0.1) is 0 Å². The molecule has 0 spiro atoms. The van der Waals surface area contributed by atoms with Gasteiger partial charge in [0.05, 0.1) is 17.9 Å². The highest BCUT2D eigenvalue weighted by Gasteiger charge is 2.27. The van der Waals surface area contributed by atoms with Crippen molar-refractivity contribution in [2.75, 3.05) is 30.4 Å². The molecule has 1 unspecified atom stereocenters. The number of benzene rings is 1. The third-order valence-corrected chi connectivity index (χ3v) is 2.80. The van der Waals surface area contributed by atoms with Gasteiger partial charge in [0.25, 0.3) is 0 Å². The molecule has 4 heteroatoms. The van der Waals surface area contributed by atoms with E-state index < -0.39 is 0 Å². The number of amides is 1. The number of hydrogen-bond donors (Lipinski definition) is 2. The summed E-state index contributed by atoms with van der Waals surface area (Å²) in [6.07, 6.45) is 0. The van der Waals surface area contributed by atoms with E-state index in [1.807, 2.05) is 36.2 Å². The van der Waals surface area contributed by atoms with Gasteiger partial charge in [0.2, 0.25) is 5.91 Å². The molecule has 1 aliphatic heterocycles. The molecule has 1 aromatic rings. The summed E-state index contributed by atoms with van der Waals surface area (Å²) in [5.41, 5.74) is 2.01. The van der Waals surface area contributed by atoms with Crippen LogP contribution in [0.2, 0.25) is 0 Å². The Balaban J connectivity index is 2.33. The summed E-state index contributed by atoms with van der Waals surface area (Å²) < 4.78 is 0. The highest BCUT2D eigenvalue weighted by Crippen LogP contribution is 2.30. The molecule has 2 N–H and O–H groups in total. The minimum atomic E-state index is 0.126. The van der Waals surface area contributed by atoms with Crippen LogP contribution in [0.1, 0.15) is 6.92 Å². The van der Waals surface area contributed by atoms with Crippen molar-refractivity contribution in [3.8, 4) is 0 Å². The smallest absolute Gasteiger partial charge is 0.246 e.